The van der Waals surface area contributed by atoms with Crippen molar-refractivity contribution in [1.82, 2.24) is 10.5 Å². The van der Waals surface area contributed by atoms with Crippen LogP contribution in [0, 0.1) is 12.3 Å². The van der Waals surface area contributed by atoms with Gasteiger partial charge in [-0.2, -0.15) is 0 Å². The number of ether oxygens (including phenoxy) is 1. The lowest BCUT2D eigenvalue weighted by atomic mass is 10.1. The minimum atomic E-state index is -0.643. The van der Waals surface area contributed by atoms with E-state index in [-0.39, 0.29) is 24.7 Å². The average Bonchev–Trinajstić information content (AvgIpc) is 2.97. The molecule has 6 N–H and O–H groups in total. The van der Waals surface area contributed by atoms with Crippen LogP contribution in [0.1, 0.15) is 27.4 Å². The van der Waals surface area contributed by atoms with E-state index in [4.69, 9.17) is 26.1 Å². The number of aromatic nitrogens is 1. The van der Waals surface area contributed by atoms with E-state index in [1.807, 2.05) is 0 Å². The van der Waals surface area contributed by atoms with Gasteiger partial charge >= 0.3 is 0 Å². The molecule has 1 aromatic carbocycles. The van der Waals surface area contributed by atoms with Crippen molar-refractivity contribution in [2.75, 3.05) is 6.61 Å². The molecule has 0 aliphatic rings. The molecule has 2 aromatic rings. The molecule has 0 aliphatic heterocycles. The highest BCUT2D eigenvalue weighted by molar-refractivity contribution is 5.95. The second-order valence-electron chi connectivity index (χ2n) is 5.01. The number of nitrogens with one attached hydrogen (secondary N) is 2. The molecule has 1 aromatic heterocycles. The monoisotopic (exact) mass is 331 g/mol. The van der Waals surface area contributed by atoms with E-state index < -0.39 is 11.8 Å². The fraction of sp³-hybridized carbons (Fsp3) is 0.200. The van der Waals surface area contributed by atoms with Crippen LogP contribution in [0.2, 0.25) is 0 Å². The van der Waals surface area contributed by atoms with Gasteiger partial charge in [0.15, 0.2) is 6.61 Å². The SMILES string of the molecule is Cc1cc(C(=O)NCc2ccc(C(=N)N)cc2OCC(N)=O)on1. The lowest BCUT2D eigenvalue weighted by Crippen LogP contribution is -2.24. The maximum Gasteiger partial charge on any atom is 0.290 e. The Bertz CT molecular complexity index is 784. The Morgan fingerprint density at radius 1 is 1.33 bits per heavy atom. The van der Waals surface area contributed by atoms with Gasteiger partial charge in [0.2, 0.25) is 5.76 Å². The molecule has 0 aliphatic carbocycles. The number of nitrogens with zero attached hydrogens (tertiary/aromatic N) is 1. The number of amides is 2. The van der Waals surface area contributed by atoms with Crippen molar-refractivity contribution in [3.8, 4) is 5.75 Å². The largest absolute Gasteiger partial charge is 0.483 e. The van der Waals surface area contributed by atoms with E-state index in [9.17, 15) is 9.59 Å². The summed E-state index contributed by atoms with van der Waals surface area (Å²) in [5.74, 6) is -0.836. The molecule has 1 heterocycles. The van der Waals surface area contributed by atoms with Gasteiger partial charge in [0.05, 0.1) is 5.69 Å². The first kappa shape index (κ1) is 17.0. The second-order valence-corrected chi connectivity index (χ2v) is 5.01. The standard InChI is InChI=1S/C15H17N5O4/c1-8-4-12(24-20-8)15(22)19-6-10-3-2-9(14(17)18)5-11(10)23-7-13(16)21/h2-5H,6-7H2,1H3,(H2,16,21)(H3,17,18)(H,19,22). The molecule has 24 heavy (non-hydrogen) atoms. The molecule has 0 atom stereocenters. The summed E-state index contributed by atoms with van der Waals surface area (Å²) in [5, 5.41) is 13.7. The summed E-state index contributed by atoms with van der Waals surface area (Å²) < 4.78 is 10.2. The number of amidine groups is 1. The van der Waals surface area contributed by atoms with Gasteiger partial charge in [0, 0.05) is 23.7 Å². The van der Waals surface area contributed by atoms with Gasteiger partial charge in [0.1, 0.15) is 11.6 Å². The van der Waals surface area contributed by atoms with Crippen molar-refractivity contribution in [1.29, 1.82) is 5.41 Å². The smallest absolute Gasteiger partial charge is 0.290 e. The molecule has 0 radical (unpaired) electrons. The Kier molecular flexibility index (Phi) is 5.15. The summed E-state index contributed by atoms with van der Waals surface area (Å²) in [6.07, 6.45) is 0. The van der Waals surface area contributed by atoms with Crippen LogP contribution in [-0.2, 0) is 11.3 Å². The van der Waals surface area contributed by atoms with Crippen LogP contribution in [0.3, 0.4) is 0 Å². The number of carbonyl (C=O) groups is 2. The first-order valence-corrected chi connectivity index (χ1v) is 6.96. The predicted octanol–water partition coefficient (Wildman–Crippen LogP) is 0.0612. The van der Waals surface area contributed by atoms with E-state index in [1.165, 1.54) is 12.1 Å². The van der Waals surface area contributed by atoms with Crippen molar-refractivity contribution >= 4 is 17.6 Å². The molecular formula is C15H17N5O4. The van der Waals surface area contributed by atoms with Crippen molar-refractivity contribution < 1.29 is 18.8 Å². The first-order chi connectivity index (χ1) is 11.4. The Balaban J connectivity index is 2.13. The molecule has 0 saturated carbocycles. The van der Waals surface area contributed by atoms with Gasteiger partial charge in [-0.3, -0.25) is 15.0 Å². The highest BCUT2D eigenvalue weighted by Crippen LogP contribution is 2.20. The topological polar surface area (TPSA) is 157 Å². The molecule has 0 unspecified atom stereocenters. The van der Waals surface area contributed by atoms with Crippen LogP contribution in [0.15, 0.2) is 28.8 Å². The highest BCUT2D eigenvalue weighted by Gasteiger charge is 2.13. The van der Waals surface area contributed by atoms with Crippen LogP contribution in [0.5, 0.6) is 5.75 Å². The predicted molar refractivity (Wildman–Crippen MR) is 84.6 cm³/mol. The summed E-state index contributed by atoms with van der Waals surface area (Å²) in [4.78, 5) is 22.9. The van der Waals surface area contributed by atoms with Gasteiger partial charge in [0.25, 0.3) is 11.8 Å². The maximum absolute atomic E-state index is 12.0. The zero-order valence-corrected chi connectivity index (χ0v) is 13.0. The van der Waals surface area contributed by atoms with Crippen molar-refractivity contribution in [2.45, 2.75) is 13.5 Å². The Morgan fingerprint density at radius 2 is 2.08 bits per heavy atom. The van der Waals surface area contributed by atoms with Crippen LogP contribution < -0.4 is 21.5 Å². The number of primary amides is 1. The van der Waals surface area contributed by atoms with E-state index in [1.54, 1.807) is 19.1 Å². The second kappa shape index (κ2) is 7.27. The van der Waals surface area contributed by atoms with E-state index in [0.717, 1.165) is 0 Å². The first-order valence-electron chi connectivity index (χ1n) is 6.96. The van der Waals surface area contributed by atoms with Crippen molar-refractivity contribution in [3.63, 3.8) is 0 Å². The molecule has 0 spiro atoms. The Labute approximate surface area is 137 Å². The number of nitrogens with two attached hydrogens (primary N) is 2. The normalized spacial score (nSPS) is 10.2. The van der Waals surface area contributed by atoms with Crippen molar-refractivity contribution in [2.24, 2.45) is 11.5 Å². The molecule has 126 valence electrons. The van der Waals surface area contributed by atoms with Crippen LogP contribution in [0.4, 0.5) is 0 Å². The Hall–Kier alpha value is -3.36. The fourth-order valence-corrected chi connectivity index (χ4v) is 1.88. The number of aryl methyl sites for hydroxylation is 1. The van der Waals surface area contributed by atoms with Gasteiger partial charge in [-0.25, -0.2) is 0 Å². The zero-order chi connectivity index (χ0) is 17.7. The molecule has 9 heteroatoms. The number of benzene rings is 1. The molecule has 2 amide bonds. The van der Waals surface area contributed by atoms with E-state index in [2.05, 4.69) is 10.5 Å². The lowest BCUT2D eigenvalue weighted by molar-refractivity contribution is -0.119. The maximum atomic E-state index is 12.0. The van der Waals surface area contributed by atoms with Gasteiger partial charge in [-0.1, -0.05) is 17.3 Å². The third kappa shape index (κ3) is 4.32. The average molecular weight is 331 g/mol. The van der Waals surface area contributed by atoms with Crippen LogP contribution in [0.25, 0.3) is 0 Å². The number of hydrogen-bond donors (Lipinski definition) is 4. The number of hydrogen-bond acceptors (Lipinski definition) is 6. The summed E-state index contributed by atoms with van der Waals surface area (Å²) in [6.45, 7) is 1.49. The van der Waals surface area contributed by atoms with Gasteiger partial charge in [-0.15, -0.1) is 0 Å². The number of rotatable bonds is 7. The molecule has 0 saturated heterocycles. The fourth-order valence-electron chi connectivity index (χ4n) is 1.88. The molecule has 9 nitrogen and oxygen atoms in total. The summed E-state index contributed by atoms with van der Waals surface area (Å²) in [7, 11) is 0. The number of nitrogen functional groups attached to an aromatic ring is 1. The third-order valence-corrected chi connectivity index (χ3v) is 3.04. The summed E-state index contributed by atoms with van der Waals surface area (Å²) in [6, 6.07) is 6.27. The Morgan fingerprint density at radius 3 is 2.67 bits per heavy atom. The summed E-state index contributed by atoms with van der Waals surface area (Å²) in [5.41, 5.74) is 12.1. The highest BCUT2D eigenvalue weighted by atomic mass is 16.5. The molecule has 2 rings (SSSR count). The molecular weight excluding hydrogens is 314 g/mol. The van der Waals surface area contributed by atoms with Crippen molar-refractivity contribution in [3.05, 3.63) is 46.8 Å². The van der Waals surface area contributed by atoms with E-state index in [0.29, 0.717) is 22.6 Å². The van der Waals surface area contributed by atoms with Crippen LogP contribution >= 0.6 is 0 Å². The molecule has 0 fully saturated rings. The quantitative estimate of drug-likeness (QED) is 0.415. The van der Waals surface area contributed by atoms with Crippen LogP contribution in [-0.4, -0.2) is 29.4 Å². The minimum Gasteiger partial charge on any atom is -0.483 e. The van der Waals surface area contributed by atoms with Gasteiger partial charge < -0.3 is 26.0 Å². The molecule has 0 bridgehead atoms. The minimum absolute atomic E-state index is 0.0902. The summed E-state index contributed by atoms with van der Waals surface area (Å²) >= 11 is 0. The van der Waals surface area contributed by atoms with E-state index >= 15 is 0 Å². The number of carbonyl (C=O) groups excluding carboxylic acids is 2. The lowest BCUT2D eigenvalue weighted by Gasteiger charge is -2.12. The zero-order valence-electron chi connectivity index (χ0n) is 13.0. The third-order valence-electron chi connectivity index (χ3n) is 3.04. The van der Waals surface area contributed by atoms with Gasteiger partial charge in [-0.05, 0) is 13.0 Å².